The van der Waals surface area contributed by atoms with E-state index in [0.29, 0.717) is 32.7 Å². The molecule has 30 heavy (non-hydrogen) atoms. The van der Waals surface area contributed by atoms with Gasteiger partial charge in [-0.3, -0.25) is 14.2 Å². The molecule has 2 N–H and O–H groups in total. The number of carbonyl (C=O) groups excluding carboxylic acids is 1. The normalized spacial score (nSPS) is 10.8. The van der Waals surface area contributed by atoms with E-state index in [4.69, 9.17) is 23.2 Å². The number of hydrogen-bond donors (Lipinski definition) is 2. The number of benzene rings is 2. The summed E-state index contributed by atoms with van der Waals surface area (Å²) in [7, 11) is 0. The molecule has 8 heteroatoms. The monoisotopic (exact) mass is 445 g/mol. The minimum atomic E-state index is -0.362. The van der Waals surface area contributed by atoms with E-state index in [-0.39, 0.29) is 37.6 Å². The third kappa shape index (κ3) is 5.08. The number of halogens is 2. The van der Waals surface area contributed by atoms with Gasteiger partial charge in [-0.1, -0.05) is 53.5 Å². The highest BCUT2D eigenvalue weighted by molar-refractivity contribution is 6.31. The molecule has 0 aliphatic rings. The van der Waals surface area contributed by atoms with Crippen molar-refractivity contribution >= 4 is 29.1 Å². The second-order valence-electron chi connectivity index (χ2n) is 6.74. The summed E-state index contributed by atoms with van der Waals surface area (Å²) in [6.07, 6.45) is 0.161. The Balaban J connectivity index is 1.95. The van der Waals surface area contributed by atoms with Gasteiger partial charge in [0.2, 0.25) is 5.91 Å². The topological polar surface area (TPSA) is 84.2 Å². The van der Waals surface area contributed by atoms with Gasteiger partial charge in [0.05, 0.1) is 0 Å². The van der Waals surface area contributed by atoms with Crippen LogP contribution in [0.3, 0.4) is 0 Å². The van der Waals surface area contributed by atoms with Crippen LogP contribution in [0.2, 0.25) is 10.0 Å². The fraction of sp³-hybridized carbons (Fsp3) is 0.227. The number of nitrogens with zero attached hydrogens (tertiary/aromatic N) is 2. The summed E-state index contributed by atoms with van der Waals surface area (Å²) in [4.78, 5) is 30.3. The Kier molecular flexibility index (Phi) is 7.26. The number of carbonyl (C=O) groups is 1. The molecule has 1 aromatic heterocycles. The second kappa shape index (κ2) is 9.89. The molecule has 0 bridgehead atoms. The van der Waals surface area contributed by atoms with Gasteiger partial charge >= 0.3 is 0 Å². The predicted molar refractivity (Wildman–Crippen MR) is 118 cm³/mol. The molecule has 0 saturated heterocycles. The molecule has 0 fully saturated rings. The van der Waals surface area contributed by atoms with E-state index in [1.54, 1.807) is 37.3 Å². The van der Waals surface area contributed by atoms with Crippen LogP contribution in [0.1, 0.15) is 16.8 Å². The molecule has 0 aliphatic carbocycles. The zero-order chi connectivity index (χ0) is 21.7. The van der Waals surface area contributed by atoms with Crippen LogP contribution in [-0.2, 0) is 24.3 Å². The summed E-state index contributed by atoms with van der Waals surface area (Å²) in [5.74, 6) is -0.0181. The number of aromatic nitrogens is 2. The highest BCUT2D eigenvalue weighted by atomic mass is 35.5. The van der Waals surface area contributed by atoms with E-state index in [9.17, 15) is 14.7 Å². The number of aliphatic hydroxyl groups is 1. The van der Waals surface area contributed by atoms with E-state index in [2.05, 4.69) is 10.3 Å². The zero-order valence-corrected chi connectivity index (χ0v) is 17.9. The molecule has 0 unspecified atom stereocenters. The van der Waals surface area contributed by atoms with Crippen LogP contribution >= 0.6 is 23.2 Å². The largest absolute Gasteiger partial charge is 0.396 e. The van der Waals surface area contributed by atoms with E-state index in [0.717, 1.165) is 5.56 Å². The first-order valence-corrected chi connectivity index (χ1v) is 10.1. The van der Waals surface area contributed by atoms with E-state index < -0.39 is 0 Å². The lowest BCUT2D eigenvalue weighted by Crippen LogP contribution is -2.35. The van der Waals surface area contributed by atoms with Gasteiger partial charge < -0.3 is 10.4 Å². The van der Waals surface area contributed by atoms with Crippen molar-refractivity contribution in [3.05, 3.63) is 85.8 Å². The Hall–Kier alpha value is -2.67. The zero-order valence-electron chi connectivity index (χ0n) is 16.4. The molecule has 156 valence electrons. The molecule has 3 rings (SSSR count). The van der Waals surface area contributed by atoms with Crippen LogP contribution in [0.15, 0.2) is 53.3 Å². The van der Waals surface area contributed by atoms with Crippen LogP contribution in [0, 0.1) is 6.92 Å². The molecule has 0 spiro atoms. The van der Waals surface area contributed by atoms with Crippen molar-refractivity contribution in [1.29, 1.82) is 0 Å². The summed E-state index contributed by atoms with van der Waals surface area (Å²) in [5, 5.41) is 13.1. The number of amides is 1. The van der Waals surface area contributed by atoms with E-state index >= 15 is 0 Å². The Morgan fingerprint density at radius 1 is 1.17 bits per heavy atom. The molecule has 2 aromatic carbocycles. The summed E-state index contributed by atoms with van der Waals surface area (Å²) in [5.41, 5.74) is 1.92. The molecule has 0 radical (unpaired) electrons. The van der Waals surface area contributed by atoms with Crippen LogP contribution in [0.4, 0.5) is 0 Å². The first-order chi connectivity index (χ1) is 14.4. The van der Waals surface area contributed by atoms with Crippen molar-refractivity contribution in [2.24, 2.45) is 0 Å². The Labute approximate surface area is 184 Å². The van der Waals surface area contributed by atoms with Gasteiger partial charge in [0.15, 0.2) is 0 Å². The Morgan fingerprint density at radius 2 is 1.93 bits per heavy atom. The fourth-order valence-electron chi connectivity index (χ4n) is 3.13. The number of nitrogens with one attached hydrogen (secondary N) is 1. The molecule has 1 heterocycles. The Morgan fingerprint density at radius 3 is 2.63 bits per heavy atom. The summed E-state index contributed by atoms with van der Waals surface area (Å²) in [6.45, 7) is 1.54. The van der Waals surface area contributed by atoms with Crippen molar-refractivity contribution in [2.75, 3.05) is 6.61 Å². The standard InChI is InChI=1S/C22H21Cl2N3O3/c1-14-18(9-10-28)22(30)27(21(26-14)15-6-4-7-17(23)11-15)13-20(29)25-12-16-5-2-3-8-19(16)24/h2-8,11,28H,9-10,12-13H2,1H3,(H,25,29). The SMILES string of the molecule is Cc1nc(-c2cccc(Cl)c2)n(CC(=O)NCc2ccccc2Cl)c(=O)c1CCO. The molecule has 6 nitrogen and oxygen atoms in total. The van der Waals surface area contributed by atoms with Crippen molar-refractivity contribution in [1.82, 2.24) is 14.9 Å². The maximum atomic E-state index is 13.1. The quantitative estimate of drug-likeness (QED) is 0.583. The van der Waals surface area contributed by atoms with Crippen molar-refractivity contribution in [3.8, 4) is 11.4 Å². The average molecular weight is 446 g/mol. The number of aryl methyl sites for hydroxylation is 1. The average Bonchev–Trinajstić information content (AvgIpc) is 2.72. The van der Waals surface area contributed by atoms with Crippen LogP contribution < -0.4 is 10.9 Å². The highest BCUT2D eigenvalue weighted by Gasteiger charge is 2.18. The van der Waals surface area contributed by atoms with Crippen molar-refractivity contribution < 1.29 is 9.90 Å². The van der Waals surface area contributed by atoms with Gasteiger partial charge in [0, 0.05) is 46.4 Å². The molecular weight excluding hydrogens is 425 g/mol. The lowest BCUT2D eigenvalue weighted by Gasteiger charge is -2.16. The first-order valence-electron chi connectivity index (χ1n) is 9.38. The van der Waals surface area contributed by atoms with Crippen molar-refractivity contribution in [3.63, 3.8) is 0 Å². The summed E-state index contributed by atoms with van der Waals surface area (Å²) in [6, 6.07) is 14.1. The first kappa shape index (κ1) is 22.0. The highest BCUT2D eigenvalue weighted by Crippen LogP contribution is 2.21. The number of hydrogen-bond acceptors (Lipinski definition) is 4. The molecule has 0 aliphatic heterocycles. The van der Waals surface area contributed by atoms with Crippen molar-refractivity contribution in [2.45, 2.75) is 26.4 Å². The van der Waals surface area contributed by atoms with Gasteiger partial charge in [0.25, 0.3) is 5.56 Å². The predicted octanol–water partition coefficient (Wildman–Crippen LogP) is 3.38. The maximum absolute atomic E-state index is 13.1. The third-order valence-electron chi connectivity index (χ3n) is 4.65. The van der Waals surface area contributed by atoms with Gasteiger partial charge in [-0.05, 0) is 30.7 Å². The lowest BCUT2D eigenvalue weighted by molar-refractivity contribution is -0.121. The van der Waals surface area contributed by atoms with Gasteiger partial charge in [-0.15, -0.1) is 0 Å². The van der Waals surface area contributed by atoms with Gasteiger partial charge in [0.1, 0.15) is 12.4 Å². The second-order valence-corrected chi connectivity index (χ2v) is 7.59. The van der Waals surface area contributed by atoms with Crippen LogP contribution in [0.5, 0.6) is 0 Å². The maximum Gasteiger partial charge on any atom is 0.257 e. The van der Waals surface area contributed by atoms with E-state index in [1.165, 1.54) is 4.57 Å². The Bertz CT molecular complexity index is 1130. The molecule has 1 amide bonds. The molecule has 3 aromatic rings. The summed E-state index contributed by atoms with van der Waals surface area (Å²) >= 11 is 12.2. The molecular formula is C22H21Cl2N3O3. The number of aliphatic hydroxyl groups excluding tert-OH is 1. The van der Waals surface area contributed by atoms with Gasteiger partial charge in [-0.25, -0.2) is 4.98 Å². The minimum Gasteiger partial charge on any atom is -0.396 e. The molecule has 0 atom stereocenters. The van der Waals surface area contributed by atoms with Crippen LogP contribution in [0.25, 0.3) is 11.4 Å². The fourth-order valence-corrected chi connectivity index (χ4v) is 3.52. The van der Waals surface area contributed by atoms with Gasteiger partial charge in [-0.2, -0.15) is 0 Å². The van der Waals surface area contributed by atoms with Crippen LogP contribution in [-0.4, -0.2) is 27.2 Å². The summed E-state index contributed by atoms with van der Waals surface area (Å²) < 4.78 is 1.31. The number of rotatable bonds is 7. The molecule has 0 saturated carbocycles. The lowest BCUT2D eigenvalue weighted by atomic mass is 10.1. The minimum absolute atomic E-state index is 0.161. The van der Waals surface area contributed by atoms with E-state index in [1.807, 2.05) is 18.2 Å². The smallest absolute Gasteiger partial charge is 0.257 e. The third-order valence-corrected chi connectivity index (χ3v) is 5.25.